The number of carbonyl (C=O) groups is 1. The van der Waals surface area contributed by atoms with Crippen LogP contribution in [0.3, 0.4) is 0 Å². The number of nitrogens with one attached hydrogen (secondary N) is 2. The van der Waals surface area contributed by atoms with Gasteiger partial charge in [-0.15, -0.1) is 0 Å². The summed E-state index contributed by atoms with van der Waals surface area (Å²) in [7, 11) is 0. The summed E-state index contributed by atoms with van der Waals surface area (Å²) in [6, 6.07) is 14.8. The number of anilines is 1. The van der Waals surface area contributed by atoms with E-state index in [-0.39, 0.29) is 5.91 Å². The number of hydrogen-bond donors (Lipinski definition) is 2. The molecule has 0 bridgehead atoms. The normalized spacial score (nSPS) is 17.3. The quantitative estimate of drug-likeness (QED) is 0.890. The van der Waals surface area contributed by atoms with Crippen LogP contribution in [-0.2, 0) is 6.54 Å². The number of nitrogens with zero attached hydrogens (tertiary/aromatic N) is 1. The Labute approximate surface area is 130 Å². The number of rotatable bonds is 2. The van der Waals surface area contributed by atoms with Gasteiger partial charge >= 0.3 is 0 Å². The molecule has 4 rings (SSSR count). The average Bonchev–Trinajstić information content (AvgIpc) is 2.96. The van der Waals surface area contributed by atoms with E-state index in [1.165, 1.54) is 5.69 Å². The molecule has 1 fully saturated rings. The Morgan fingerprint density at radius 3 is 2.41 bits per heavy atom. The molecule has 2 N–H and O–H groups in total. The maximum atomic E-state index is 11.8. The number of benzene rings is 2. The molecule has 112 valence electrons. The highest BCUT2D eigenvalue weighted by atomic mass is 16.1. The first-order valence-corrected chi connectivity index (χ1v) is 7.78. The summed E-state index contributed by atoms with van der Waals surface area (Å²) in [5, 5.41) is 6.23. The van der Waals surface area contributed by atoms with E-state index in [1.807, 2.05) is 12.1 Å². The minimum absolute atomic E-state index is 0.0364. The fourth-order valence-electron chi connectivity index (χ4n) is 3.18. The van der Waals surface area contributed by atoms with Crippen LogP contribution in [0.4, 0.5) is 5.69 Å². The molecule has 4 nitrogen and oxygen atoms in total. The van der Waals surface area contributed by atoms with Gasteiger partial charge in [-0.1, -0.05) is 24.3 Å². The smallest absolute Gasteiger partial charge is 0.251 e. The van der Waals surface area contributed by atoms with Gasteiger partial charge < -0.3 is 15.5 Å². The molecule has 0 unspecified atom stereocenters. The largest absolute Gasteiger partial charge is 0.369 e. The Morgan fingerprint density at radius 2 is 1.64 bits per heavy atom. The molecular weight excluding hydrogens is 274 g/mol. The van der Waals surface area contributed by atoms with Crippen molar-refractivity contribution in [1.82, 2.24) is 10.6 Å². The lowest BCUT2D eigenvalue weighted by Gasteiger charge is -2.29. The van der Waals surface area contributed by atoms with Crippen molar-refractivity contribution in [2.45, 2.75) is 6.54 Å². The van der Waals surface area contributed by atoms with E-state index >= 15 is 0 Å². The highest BCUT2D eigenvalue weighted by Gasteiger charge is 2.19. The van der Waals surface area contributed by atoms with E-state index in [4.69, 9.17) is 0 Å². The van der Waals surface area contributed by atoms with Crippen LogP contribution in [0.1, 0.15) is 15.9 Å². The molecule has 0 aromatic heterocycles. The SMILES string of the molecule is O=C1NCc2ccc(-c3ccc(N4CCNCC4)cc3)cc21. The van der Waals surface area contributed by atoms with Crippen LogP contribution in [0.25, 0.3) is 11.1 Å². The molecule has 22 heavy (non-hydrogen) atoms. The Morgan fingerprint density at radius 1 is 0.909 bits per heavy atom. The van der Waals surface area contributed by atoms with E-state index in [1.54, 1.807) is 0 Å². The summed E-state index contributed by atoms with van der Waals surface area (Å²) in [5.74, 6) is 0.0364. The highest BCUT2D eigenvalue weighted by Crippen LogP contribution is 2.27. The first-order chi connectivity index (χ1) is 10.8. The highest BCUT2D eigenvalue weighted by molar-refractivity contribution is 5.99. The zero-order valence-corrected chi connectivity index (χ0v) is 12.4. The summed E-state index contributed by atoms with van der Waals surface area (Å²) in [4.78, 5) is 14.2. The molecule has 2 aromatic carbocycles. The average molecular weight is 293 g/mol. The van der Waals surface area contributed by atoms with Crippen LogP contribution < -0.4 is 15.5 Å². The lowest BCUT2D eigenvalue weighted by atomic mass is 10.00. The lowest BCUT2D eigenvalue weighted by molar-refractivity contribution is 0.0966. The minimum atomic E-state index is 0.0364. The summed E-state index contributed by atoms with van der Waals surface area (Å²) in [6.45, 7) is 4.84. The lowest BCUT2D eigenvalue weighted by Crippen LogP contribution is -2.43. The third kappa shape index (κ3) is 2.35. The second-order valence-electron chi connectivity index (χ2n) is 5.84. The summed E-state index contributed by atoms with van der Waals surface area (Å²) >= 11 is 0. The standard InChI is InChI=1S/C18H19N3O/c22-18-17-11-14(1-2-15(17)12-20-18)13-3-5-16(6-4-13)21-9-7-19-8-10-21/h1-6,11,19H,7-10,12H2,(H,20,22). The first-order valence-electron chi connectivity index (χ1n) is 7.78. The first kappa shape index (κ1) is 13.3. The van der Waals surface area contributed by atoms with Gasteiger partial charge in [0.05, 0.1) is 0 Å². The van der Waals surface area contributed by atoms with Crippen LogP contribution in [0.2, 0.25) is 0 Å². The Hall–Kier alpha value is -2.33. The van der Waals surface area contributed by atoms with Crippen LogP contribution in [0.15, 0.2) is 42.5 Å². The third-order valence-electron chi connectivity index (χ3n) is 4.48. The molecule has 2 aromatic rings. The van der Waals surface area contributed by atoms with Crippen molar-refractivity contribution < 1.29 is 4.79 Å². The van der Waals surface area contributed by atoms with Gasteiger partial charge in [-0.05, 0) is 34.9 Å². The van der Waals surface area contributed by atoms with Gasteiger partial charge in [-0.25, -0.2) is 0 Å². The fraction of sp³-hybridized carbons (Fsp3) is 0.278. The van der Waals surface area contributed by atoms with Gasteiger partial charge in [0.2, 0.25) is 0 Å². The Kier molecular flexibility index (Phi) is 3.31. The van der Waals surface area contributed by atoms with Crippen molar-refractivity contribution >= 4 is 11.6 Å². The molecule has 2 heterocycles. The molecule has 2 aliphatic rings. The maximum absolute atomic E-state index is 11.8. The Bertz CT molecular complexity index is 703. The van der Waals surface area contributed by atoms with E-state index in [2.05, 4.69) is 45.9 Å². The van der Waals surface area contributed by atoms with Crippen molar-refractivity contribution in [3.05, 3.63) is 53.6 Å². The van der Waals surface area contributed by atoms with Gasteiger partial charge in [-0.3, -0.25) is 4.79 Å². The maximum Gasteiger partial charge on any atom is 0.251 e. The molecule has 1 amide bonds. The predicted octanol–water partition coefficient (Wildman–Crippen LogP) is 2.01. The molecule has 4 heteroatoms. The fourth-order valence-corrected chi connectivity index (χ4v) is 3.18. The molecular formula is C18H19N3O. The van der Waals surface area contributed by atoms with Crippen molar-refractivity contribution in [3.63, 3.8) is 0 Å². The van der Waals surface area contributed by atoms with Gasteiger partial charge in [-0.2, -0.15) is 0 Å². The summed E-state index contributed by atoms with van der Waals surface area (Å²) < 4.78 is 0. The third-order valence-corrected chi connectivity index (χ3v) is 4.48. The monoisotopic (exact) mass is 293 g/mol. The molecule has 0 atom stereocenters. The van der Waals surface area contributed by atoms with Crippen LogP contribution in [0, 0.1) is 0 Å². The second kappa shape index (κ2) is 5.46. The zero-order valence-electron chi connectivity index (χ0n) is 12.4. The molecule has 0 saturated carbocycles. The predicted molar refractivity (Wildman–Crippen MR) is 88.1 cm³/mol. The van der Waals surface area contributed by atoms with Gasteiger partial charge in [0.25, 0.3) is 5.91 Å². The molecule has 2 aliphatic heterocycles. The van der Waals surface area contributed by atoms with E-state index in [9.17, 15) is 4.79 Å². The molecule has 0 spiro atoms. The number of amides is 1. The number of piperazine rings is 1. The topological polar surface area (TPSA) is 44.4 Å². The van der Waals surface area contributed by atoms with E-state index in [0.29, 0.717) is 6.54 Å². The number of carbonyl (C=O) groups excluding carboxylic acids is 1. The number of fused-ring (bicyclic) bond motifs is 1. The van der Waals surface area contributed by atoms with Crippen molar-refractivity contribution in [1.29, 1.82) is 0 Å². The van der Waals surface area contributed by atoms with E-state index < -0.39 is 0 Å². The second-order valence-corrected chi connectivity index (χ2v) is 5.84. The van der Waals surface area contributed by atoms with Crippen molar-refractivity contribution in [3.8, 4) is 11.1 Å². The van der Waals surface area contributed by atoms with E-state index in [0.717, 1.165) is 48.4 Å². The molecule has 0 aliphatic carbocycles. The molecule has 0 radical (unpaired) electrons. The van der Waals surface area contributed by atoms with Crippen LogP contribution in [0.5, 0.6) is 0 Å². The van der Waals surface area contributed by atoms with Gasteiger partial charge in [0.15, 0.2) is 0 Å². The van der Waals surface area contributed by atoms with Crippen LogP contribution >= 0.6 is 0 Å². The minimum Gasteiger partial charge on any atom is -0.369 e. The summed E-state index contributed by atoms with van der Waals surface area (Å²) in [5.41, 5.74) is 5.42. The Balaban J connectivity index is 1.60. The van der Waals surface area contributed by atoms with Gasteiger partial charge in [0, 0.05) is 44.0 Å². The molecule has 1 saturated heterocycles. The summed E-state index contributed by atoms with van der Waals surface area (Å²) in [6.07, 6.45) is 0. The van der Waals surface area contributed by atoms with Crippen molar-refractivity contribution in [2.24, 2.45) is 0 Å². The van der Waals surface area contributed by atoms with Crippen molar-refractivity contribution in [2.75, 3.05) is 31.1 Å². The number of hydrogen-bond acceptors (Lipinski definition) is 3. The van der Waals surface area contributed by atoms with Gasteiger partial charge in [0.1, 0.15) is 0 Å². The van der Waals surface area contributed by atoms with Crippen LogP contribution in [-0.4, -0.2) is 32.1 Å². The zero-order chi connectivity index (χ0) is 14.9.